The Morgan fingerprint density at radius 2 is 1.87 bits per heavy atom. The van der Waals surface area contributed by atoms with Crippen LogP contribution in [-0.4, -0.2) is 22.4 Å². The van der Waals surface area contributed by atoms with Crippen LogP contribution in [0.2, 0.25) is 0 Å². The van der Waals surface area contributed by atoms with E-state index in [9.17, 15) is 4.79 Å². The molecule has 0 atom stereocenters. The lowest BCUT2D eigenvalue weighted by Gasteiger charge is -2.04. The minimum absolute atomic E-state index is 0.0395. The van der Waals surface area contributed by atoms with Crippen molar-refractivity contribution in [2.45, 2.75) is 12.8 Å². The first kappa shape index (κ1) is 15.4. The van der Waals surface area contributed by atoms with Gasteiger partial charge in [0, 0.05) is 24.5 Å². The maximum atomic E-state index is 11.9. The van der Waals surface area contributed by atoms with Crippen molar-refractivity contribution in [2.24, 2.45) is 0 Å². The fourth-order valence-electron chi connectivity index (χ4n) is 2.21. The molecule has 0 saturated carbocycles. The number of pyridine rings is 1. The van der Waals surface area contributed by atoms with Gasteiger partial charge >= 0.3 is 0 Å². The van der Waals surface area contributed by atoms with Gasteiger partial charge in [-0.1, -0.05) is 36.4 Å². The maximum absolute atomic E-state index is 11.9. The molecule has 0 aliphatic rings. The number of aromatic nitrogens is 2. The summed E-state index contributed by atoms with van der Waals surface area (Å²) in [5.74, 6) is 0.0395. The minimum atomic E-state index is 0.0395. The lowest BCUT2D eigenvalue weighted by molar-refractivity contribution is -0.120. The van der Waals surface area contributed by atoms with Gasteiger partial charge in [0.1, 0.15) is 0 Å². The third kappa shape index (κ3) is 4.47. The lowest BCUT2D eigenvalue weighted by atomic mass is 10.1. The molecule has 1 N–H and O–H groups in total. The highest BCUT2D eigenvalue weighted by Crippen LogP contribution is 2.19. The van der Waals surface area contributed by atoms with E-state index in [4.69, 9.17) is 0 Å². The Labute approximate surface area is 139 Å². The Kier molecular flexibility index (Phi) is 5.11. The van der Waals surface area contributed by atoms with Crippen LogP contribution in [0, 0.1) is 0 Å². The average Bonchev–Trinajstić information content (AvgIpc) is 3.05. The van der Waals surface area contributed by atoms with Gasteiger partial charge in [-0.15, -0.1) is 11.3 Å². The number of nitrogens with one attached hydrogen (secondary N) is 1. The Morgan fingerprint density at radius 1 is 1.04 bits per heavy atom. The largest absolute Gasteiger partial charge is 0.355 e. The smallest absolute Gasteiger partial charge is 0.224 e. The number of hydrogen-bond donors (Lipinski definition) is 1. The summed E-state index contributed by atoms with van der Waals surface area (Å²) < 4.78 is 0. The summed E-state index contributed by atoms with van der Waals surface area (Å²) in [5, 5.41) is 5.95. The second-order valence-electron chi connectivity index (χ2n) is 5.10. The van der Waals surface area contributed by atoms with Crippen molar-refractivity contribution in [3.63, 3.8) is 0 Å². The van der Waals surface area contributed by atoms with E-state index in [1.54, 1.807) is 17.5 Å². The minimum Gasteiger partial charge on any atom is -0.355 e. The molecule has 2 heterocycles. The molecule has 116 valence electrons. The number of carbonyl (C=O) groups is 1. The van der Waals surface area contributed by atoms with Crippen LogP contribution in [-0.2, 0) is 17.6 Å². The Bertz CT molecular complexity index is 756. The van der Waals surface area contributed by atoms with E-state index in [0.29, 0.717) is 13.0 Å². The summed E-state index contributed by atoms with van der Waals surface area (Å²) in [5.41, 5.74) is 2.79. The monoisotopic (exact) mass is 323 g/mol. The topological polar surface area (TPSA) is 54.9 Å². The third-order valence-electron chi connectivity index (χ3n) is 3.35. The second-order valence-corrected chi connectivity index (χ2v) is 6.05. The predicted octanol–water partition coefficient (Wildman–Crippen LogP) is 3.11. The van der Waals surface area contributed by atoms with Crippen molar-refractivity contribution in [2.75, 3.05) is 6.54 Å². The molecule has 1 amide bonds. The van der Waals surface area contributed by atoms with Gasteiger partial charge in [0.25, 0.3) is 0 Å². The normalized spacial score (nSPS) is 10.4. The Balaban J connectivity index is 1.48. The molecule has 1 aromatic carbocycles. The van der Waals surface area contributed by atoms with Crippen LogP contribution in [0.25, 0.3) is 11.4 Å². The van der Waals surface area contributed by atoms with E-state index >= 15 is 0 Å². The van der Waals surface area contributed by atoms with Gasteiger partial charge < -0.3 is 5.32 Å². The zero-order chi connectivity index (χ0) is 15.9. The van der Waals surface area contributed by atoms with E-state index in [-0.39, 0.29) is 5.91 Å². The summed E-state index contributed by atoms with van der Waals surface area (Å²) in [6, 6.07) is 15.5. The SMILES string of the molecule is O=C(Cc1ccccc1)NCCc1nc(-c2ccccn2)cs1. The number of benzene rings is 1. The van der Waals surface area contributed by atoms with Crippen molar-refractivity contribution < 1.29 is 4.79 Å². The molecule has 5 heteroatoms. The fraction of sp³-hybridized carbons (Fsp3) is 0.167. The Hall–Kier alpha value is -2.53. The summed E-state index contributed by atoms with van der Waals surface area (Å²) in [4.78, 5) is 20.7. The molecule has 4 nitrogen and oxygen atoms in total. The van der Waals surface area contributed by atoms with Crippen LogP contribution in [0.4, 0.5) is 0 Å². The molecule has 0 radical (unpaired) electrons. The Morgan fingerprint density at radius 3 is 2.65 bits per heavy atom. The zero-order valence-corrected chi connectivity index (χ0v) is 13.4. The molecule has 3 rings (SSSR count). The lowest BCUT2D eigenvalue weighted by Crippen LogP contribution is -2.27. The number of carbonyl (C=O) groups excluding carboxylic acids is 1. The van der Waals surface area contributed by atoms with Gasteiger partial charge in [0.2, 0.25) is 5.91 Å². The molecule has 23 heavy (non-hydrogen) atoms. The molecule has 0 unspecified atom stereocenters. The summed E-state index contributed by atoms with van der Waals surface area (Å²) in [6.07, 6.45) is 2.91. The molecular weight excluding hydrogens is 306 g/mol. The first-order valence-corrected chi connectivity index (χ1v) is 8.35. The van der Waals surface area contributed by atoms with Gasteiger partial charge in [-0.05, 0) is 17.7 Å². The van der Waals surface area contributed by atoms with Gasteiger partial charge in [0.15, 0.2) is 0 Å². The molecule has 0 saturated heterocycles. The van der Waals surface area contributed by atoms with Crippen LogP contribution in [0.15, 0.2) is 60.1 Å². The van der Waals surface area contributed by atoms with Gasteiger partial charge in [-0.25, -0.2) is 4.98 Å². The molecule has 2 aromatic heterocycles. The zero-order valence-electron chi connectivity index (χ0n) is 12.6. The van der Waals surface area contributed by atoms with Crippen LogP contribution >= 0.6 is 11.3 Å². The predicted molar refractivity (Wildman–Crippen MR) is 92.2 cm³/mol. The van der Waals surface area contributed by atoms with Crippen molar-refractivity contribution in [1.82, 2.24) is 15.3 Å². The number of rotatable bonds is 6. The van der Waals surface area contributed by atoms with E-state index in [1.165, 1.54) is 0 Å². The maximum Gasteiger partial charge on any atom is 0.224 e. The average molecular weight is 323 g/mol. The first-order valence-electron chi connectivity index (χ1n) is 7.48. The molecule has 0 fully saturated rings. The number of nitrogens with zero attached hydrogens (tertiary/aromatic N) is 2. The summed E-state index contributed by atoms with van der Waals surface area (Å²) in [6.45, 7) is 0.598. The summed E-state index contributed by atoms with van der Waals surface area (Å²) >= 11 is 1.60. The van der Waals surface area contributed by atoms with Crippen molar-refractivity contribution in [3.8, 4) is 11.4 Å². The van der Waals surface area contributed by atoms with Crippen LogP contribution in [0.1, 0.15) is 10.6 Å². The summed E-state index contributed by atoms with van der Waals surface area (Å²) in [7, 11) is 0. The second kappa shape index (κ2) is 7.65. The highest BCUT2D eigenvalue weighted by atomic mass is 32.1. The quantitative estimate of drug-likeness (QED) is 0.758. The van der Waals surface area contributed by atoms with Crippen LogP contribution < -0.4 is 5.32 Å². The van der Waals surface area contributed by atoms with Crippen molar-refractivity contribution in [1.29, 1.82) is 0 Å². The van der Waals surface area contributed by atoms with Crippen LogP contribution in [0.3, 0.4) is 0 Å². The van der Waals surface area contributed by atoms with Gasteiger partial charge in [-0.2, -0.15) is 0 Å². The molecule has 0 aliphatic carbocycles. The highest BCUT2D eigenvalue weighted by Gasteiger charge is 2.06. The van der Waals surface area contributed by atoms with E-state index in [2.05, 4.69) is 15.3 Å². The highest BCUT2D eigenvalue weighted by molar-refractivity contribution is 7.09. The molecular formula is C18H17N3OS. The molecule has 0 bridgehead atoms. The first-order chi connectivity index (χ1) is 11.3. The molecule has 0 spiro atoms. The van der Waals surface area contributed by atoms with Gasteiger partial charge in [-0.3, -0.25) is 9.78 Å². The number of amides is 1. The fourth-order valence-corrected chi connectivity index (χ4v) is 3.00. The van der Waals surface area contributed by atoms with E-state index < -0.39 is 0 Å². The molecule has 0 aliphatic heterocycles. The third-order valence-corrected chi connectivity index (χ3v) is 4.26. The number of thiazole rings is 1. The standard InChI is InChI=1S/C18H17N3OS/c22-17(12-14-6-2-1-3-7-14)20-11-9-18-21-16(13-23-18)15-8-4-5-10-19-15/h1-8,10,13H,9,11-12H2,(H,20,22). The van der Waals surface area contributed by atoms with E-state index in [0.717, 1.165) is 28.4 Å². The van der Waals surface area contributed by atoms with Crippen LogP contribution in [0.5, 0.6) is 0 Å². The van der Waals surface area contributed by atoms with Gasteiger partial charge in [0.05, 0.1) is 22.8 Å². The molecule has 3 aromatic rings. The number of hydrogen-bond acceptors (Lipinski definition) is 4. The van der Waals surface area contributed by atoms with Crippen molar-refractivity contribution >= 4 is 17.2 Å². The van der Waals surface area contributed by atoms with Crippen molar-refractivity contribution in [3.05, 3.63) is 70.7 Å². The van der Waals surface area contributed by atoms with E-state index in [1.807, 2.05) is 53.9 Å².